The number of nitrogens with one attached hydrogen (secondary N) is 1. The number of fused-ring (bicyclic) bond motifs is 1. The van der Waals surface area contributed by atoms with Crippen LogP contribution in [0.1, 0.15) is 10.4 Å². The van der Waals surface area contributed by atoms with Crippen molar-refractivity contribution in [1.82, 2.24) is 4.57 Å². The lowest BCUT2D eigenvalue weighted by Gasteiger charge is -2.18. The fourth-order valence-electron chi connectivity index (χ4n) is 3.68. The van der Waals surface area contributed by atoms with E-state index >= 15 is 0 Å². The maximum absolute atomic E-state index is 13.4. The predicted octanol–water partition coefficient (Wildman–Crippen LogP) is 4.55. The van der Waals surface area contributed by atoms with E-state index in [4.69, 9.17) is 14.2 Å². The van der Waals surface area contributed by atoms with Gasteiger partial charge in [-0.25, -0.2) is 0 Å². The van der Waals surface area contributed by atoms with Crippen LogP contribution in [0.25, 0.3) is 21.3 Å². The minimum Gasteiger partial charge on any atom is -0.493 e. The molecule has 0 saturated heterocycles. The average Bonchev–Trinajstić information content (AvgIpc) is 3.35. The van der Waals surface area contributed by atoms with Gasteiger partial charge in [-0.15, -0.1) is 11.3 Å². The molecule has 0 radical (unpaired) electrons. The van der Waals surface area contributed by atoms with E-state index in [1.807, 2.05) is 47.3 Å². The van der Waals surface area contributed by atoms with Crippen molar-refractivity contribution < 1.29 is 19.0 Å². The number of carbonyl (C=O) groups excluding carboxylic acids is 1. The summed E-state index contributed by atoms with van der Waals surface area (Å²) in [5, 5.41) is 5.42. The summed E-state index contributed by atoms with van der Waals surface area (Å²) in [5.74, 6) is 1.12. The van der Waals surface area contributed by atoms with E-state index in [1.165, 1.54) is 32.7 Å². The van der Waals surface area contributed by atoms with Gasteiger partial charge in [0.25, 0.3) is 5.91 Å². The molecule has 0 bridgehead atoms. The second-order valence-electron chi connectivity index (χ2n) is 6.97. The highest BCUT2D eigenvalue weighted by atomic mass is 32.1. The van der Waals surface area contributed by atoms with Crippen LogP contribution in [0.4, 0.5) is 5.82 Å². The predicted molar refractivity (Wildman–Crippen MR) is 127 cm³/mol. The van der Waals surface area contributed by atoms with E-state index < -0.39 is 5.91 Å². The van der Waals surface area contributed by atoms with Gasteiger partial charge in [0.05, 0.1) is 32.4 Å². The van der Waals surface area contributed by atoms with Crippen LogP contribution in [0.5, 0.6) is 17.2 Å². The molecule has 0 saturated carbocycles. The zero-order chi connectivity index (χ0) is 22.8. The van der Waals surface area contributed by atoms with E-state index in [-0.39, 0.29) is 5.43 Å². The molecule has 0 aliphatic heterocycles. The summed E-state index contributed by atoms with van der Waals surface area (Å²) >= 11 is 1.44. The summed E-state index contributed by atoms with van der Waals surface area (Å²) < 4.78 is 17.9. The quantitative estimate of drug-likeness (QED) is 0.466. The van der Waals surface area contributed by atoms with E-state index in [2.05, 4.69) is 5.32 Å². The standard InChI is InChI=1S/C24H22N2O5S/c1-26-16-9-6-5-8-15(16)21(27)20(19-10-7-11-32-19)23(26)25-24(28)14-12-17(29-2)22(31-4)18(13-14)30-3/h5-13H,1-4H3,(H,25,28). The van der Waals surface area contributed by atoms with Crippen molar-refractivity contribution >= 4 is 34.0 Å². The van der Waals surface area contributed by atoms with Gasteiger partial charge in [0.15, 0.2) is 16.9 Å². The first kappa shape index (κ1) is 21.5. The molecule has 4 rings (SSSR count). The average molecular weight is 451 g/mol. The minimum atomic E-state index is -0.410. The number of hydrogen-bond donors (Lipinski definition) is 1. The molecule has 1 N–H and O–H groups in total. The van der Waals surface area contributed by atoms with Crippen molar-refractivity contribution in [2.45, 2.75) is 0 Å². The fraction of sp³-hybridized carbons (Fsp3) is 0.167. The number of rotatable bonds is 6. The van der Waals surface area contributed by atoms with Crippen molar-refractivity contribution in [3.05, 3.63) is 69.7 Å². The van der Waals surface area contributed by atoms with Crippen molar-refractivity contribution in [2.24, 2.45) is 7.05 Å². The lowest BCUT2D eigenvalue weighted by Crippen LogP contribution is -2.21. The Kier molecular flexibility index (Phi) is 5.87. The summed E-state index contributed by atoms with van der Waals surface area (Å²) in [6, 6.07) is 14.2. The number of nitrogens with zero attached hydrogens (tertiary/aromatic N) is 1. The lowest BCUT2D eigenvalue weighted by atomic mass is 10.1. The normalized spacial score (nSPS) is 10.8. The van der Waals surface area contributed by atoms with Gasteiger partial charge in [-0.1, -0.05) is 18.2 Å². The first-order valence-corrected chi connectivity index (χ1v) is 10.6. The lowest BCUT2D eigenvalue weighted by molar-refractivity contribution is 0.102. The number of para-hydroxylation sites is 1. The monoisotopic (exact) mass is 450 g/mol. The number of hydrogen-bond acceptors (Lipinski definition) is 6. The summed E-state index contributed by atoms with van der Waals surface area (Å²) in [6.07, 6.45) is 0. The molecule has 2 heterocycles. The Morgan fingerprint density at radius 1 is 0.969 bits per heavy atom. The van der Waals surface area contributed by atoms with Crippen molar-refractivity contribution in [1.29, 1.82) is 0 Å². The topological polar surface area (TPSA) is 78.8 Å². The first-order chi connectivity index (χ1) is 15.5. The second kappa shape index (κ2) is 8.76. The molecule has 1 amide bonds. The van der Waals surface area contributed by atoms with Crippen molar-refractivity contribution in [3.63, 3.8) is 0 Å². The van der Waals surface area contributed by atoms with E-state index in [1.54, 1.807) is 18.2 Å². The molecule has 164 valence electrons. The molecule has 0 unspecified atom stereocenters. The van der Waals surface area contributed by atoms with Gasteiger partial charge in [0, 0.05) is 22.9 Å². The van der Waals surface area contributed by atoms with E-state index in [0.29, 0.717) is 39.6 Å². The number of aromatic nitrogens is 1. The van der Waals surface area contributed by atoms with Crippen LogP contribution in [0, 0.1) is 0 Å². The zero-order valence-corrected chi connectivity index (χ0v) is 18.9. The maximum atomic E-state index is 13.4. The van der Waals surface area contributed by atoms with Gasteiger partial charge in [0.2, 0.25) is 5.75 Å². The smallest absolute Gasteiger partial charge is 0.257 e. The summed E-state index contributed by atoms with van der Waals surface area (Å²) in [7, 11) is 6.30. The maximum Gasteiger partial charge on any atom is 0.257 e. The Bertz CT molecular complexity index is 1330. The van der Waals surface area contributed by atoms with Crippen LogP contribution < -0.4 is 25.0 Å². The van der Waals surface area contributed by atoms with Crippen molar-refractivity contribution in [2.75, 3.05) is 26.6 Å². The van der Waals surface area contributed by atoms with Gasteiger partial charge in [-0.05, 0) is 35.7 Å². The number of anilines is 1. The highest BCUT2D eigenvalue weighted by Gasteiger charge is 2.22. The van der Waals surface area contributed by atoms with Crippen LogP contribution in [0.3, 0.4) is 0 Å². The molecule has 0 aliphatic carbocycles. The Labute approximate surface area is 188 Å². The third kappa shape index (κ3) is 3.58. The number of pyridine rings is 1. The van der Waals surface area contributed by atoms with Crippen LogP contribution in [0.15, 0.2) is 58.7 Å². The minimum absolute atomic E-state index is 0.138. The number of methoxy groups -OCH3 is 3. The number of carbonyl (C=O) groups is 1. The molecular formula is C24H22N2O5S. The second-order valence-corrected chi connectivity index (χ2v) is 7.92. The summed E-state index contributed by atoms with van der Waals surface area (Å²) in [4.78, 5) is 27.5. The van der Waals surface area contributed by atoms with Crippen LogP contribution in [0.2, 0.25) is 0 Å². The van der Waals surface area contributed by atoms with Gasteiger partial charge in [-0.3, -0.25) is 9.59 Å². The van der Waals surface area contributed by atoms with E-state index in [9.17, 15) is 9.59 Å². The molecule has 0 atom stereocenters. The molecule has 8 heteroatoms. The number of benzene rings is 2. The van der Waals surface area contributed by atoms with Crippen LogP contribution in [-0.4, -0.2) is 31.8 Å². The largest absolute Gasteiger partial charge is 0.493 e. The van der Waals surface area contributed by atoms with Gasteiger partial charge >= 0.3 is 0 Å². The third-order valence-corrected chi connectivity index (χ3v) is 6.12. The number of amides is 1. The molecule has 0 spiro atoms. The van der Waals surface area contributed by atoms with Crippen LogP contribution in [-0.2, 0) is 7.05 Å². The summed E-state index contributed by atoms with van der Waals surface area (Å²) in [6.45, 7) is 0. The van der Waals surface area contributed by atoms with E-state index in [0.717, 1.165) is 10.4 Å². The molecule has 2 aromatic carbocycles. The SMILES string of the molecule is COc1cc(C(=O)Nc2c(-c3cccs3)c(=O)c3ccccc3n2C)cc(OC)c1OC. The first-order valence-electron chi connectivity index (χ1n) is 9.77. The Morgan fingerprint density at radius 2 is 1.66 bits per heavy atom. The van der Waals surface area contributed by atoms with Gasteiger partial charge in [-0.2, -0.15) is 0 Å². The molecular weight excluding hydrogens is 428 g/mol. The number of ether oxygens (including phenoxy) is 3. The molecule has 0 fully saturated rings. The third-order valence-electron chi connectivity index (χ3n) is 5.24. The van der Waals surface area contributed by atoms with Gasteiger partial charge in [0.1, 0.15) is 5.82 Å². The Hall–Kier alpha value is -3.78. The van der Waals surface area contributed by atoms with Crippen LogP contribution >= 0.6 is 11.3 Å². The van der Waals surface area contributed by atoms with Gasteiger partial charge < -0.3 is 24.1 Å². The Balaban J connectivity index is 1.88. The molecule has 2 aromatic heterocycles. The highest BCUT2D eigenvalue weighted by Crippen LogP contribution is 2.39. The van der Waals surface area contributed by atoms with Crippen molar-refractivity contribution in [3.8, 4) is 27.7 Å². The highest BCUT2D eigenvalue weighted by molar-refractivity contribution is 7.13. The molecule has 4 aromatic rings. The Morgan fingerprint density at radius 3 is 2.25 bits per heavy atom. The molecule has 32 heavy (non-hydrogen) atoms. The number of thiophene rings is 1. The molecule has 7 nitrogen and oxygen atoms in total. The molecule has 0 aliphatic rings. The summed E-state index contributed by atoms with van der Waals surface area (Å²) in [5.41, 5.74) is 1.33. The zero-order valence-electron chi connectivity index (χ0n) is 18.1. The number of aryl methyl sites for hydroxylation is 1. The fourth-order valence-corrected chi connectivity index (χ4v) is 4.44.